The third-order valence-electron chi connectivity index (χ3n) is 3.86. The first-order chi connectivity index (χ1) is 9.63. The van der Waals surface area contributed by atoms with Crippen molar-refractivity contribution in [2.75, 3.05) is 42.8 Å². The second-order valence-electron chi connectivity index (χ2n) is 5.58. The lowest BCUT2D eigenvalue weighted by molar-refractivity contribution is 0.956. The third-order valence-corrected chi connectivity index (χ3v) is 3.86. The standard InChI is InChI=1S/C17H21N3/c1-19(2)16-6-4-5-14(12-16)18-15-7-8-17-13(11-15)9-10-20(17)3/h4-8,11-12,18H,9-10H2,1-3H3. The predicted octanol–water partition coefficient (Wildman–Crippen LogP) is 3.49. The molecule has 0 fully saturated rings. The molecule has 3 heteroatoms. The molecule has 0 saturated heterocycles. The van der Waals surface area contributed by atoms with Gasteiger partial charge in [-0.05, 0) is 48.4 Å². The van der Waals surface area contributed by atoms with Crippen LogP contribution in [0.1, 0.15) is 5.56 Å². The molecular formula is C17H21N3. The minimum absolute atomic E-state index is 1.12. The Bertz CT molecular complexity index is 619. The fourth-order valence-electron chi connectivity index (χ4n) is 2.67. The SMILES string of the molecule is CN(C)c1cccc(Nc2ccc3c(c2)CCN3C)c1. The van der Waals surface area contributed by atoms with E-state index in [4.69, 9.17) is 0 Å². The molecule has 0 atom stereocenters. The van der Waals surface area contributed by atoms with Crippen LogP contribution in [0.25, 0.3) is 0 Å². The lowest BCUT2D eigenvalue weighted by atomic mass is 10.1. The van der Waals surface area contributed by atoms with Crippen LogP contribution in [-0.4, -0.2) is 27.7 Å². The predicted molar refractivity (Wildman–Crippen MR) is 87.5 cm³/mol. The van der Waals surface area contributed by atoms with Crippen molar-refractivity contribution in [3.05, 3.63) is 48.0 Å². The Labute approximate surface area is 120 Å². The average molecular weight is 267 g/mol. The summed E-state index contributed by atoms with van der Waals surface area (Å²) in [6.45, 7) is 1.12. The zero-order valence-corrected chi connectivity index (χ0v) is 12.4. The van der Waals surface area contributed by atoms with Crippen LogP contribution in [0.15, 0.2) is 42.5 Å². The van der Waals surface area contributed by atoms with Gasteiger partial charge in [0.15, 0.2) is 0 Å². The summed E-state index contributed by atoms with van der Waals surface area (Å²) in [5.41, 5.74) is 6.28. The molecule has 0 bridgehead atoms. The molecule has 1 aliphatic rings. The number of likely N-dealkylation sites (N-methyl/N-ethyl adjacent to an activating group) is 1. The minimum Gasteiger partial charge on any atom is -0.378 e. The molecule has 2 aromatic rings. The van der Waals surface area contributed by atoms with Crippen molar-refractivity contribution in [1.82, 2.24) is 0 Å². The number of anilines is 4. The van der Waals surface area contributed by atoms with E-state index < -0.39 is 0 Å². The van der Waals surface area contributed by atoms with E-state index in [0.717, 1.165) is 24.3 Å². The van der Waals surface area contributed by atoms with Crippen LogP contribution in [0.2, 0.25) is 0 Å². The van der Waals surface area contributed by atoms with Crippen molar-refractivity contribution < 1.29 is 0 Å². The monoisotopic (exact) mass is 267 g/mol. The van der Waals surface area contributed by atoms with E-state index in [1.165, 1.54) is 16.9 Å². The van der Waals surface area contributed by atoms with E-state index >= 15 is 0 Å². The van der Waals surface area contributed by atoms with Crippen molar-refractivity contribution in [3.63, 3.8) is 0 Å². The number of fused-ring (bicyclic) bond motifs is 1. The van der Waals surface area contributed by atoms with Crippen molar-refractivity contribution in [1.29, 1.82) is 0 Å². The highest BCUT2D eigenvalue weighted by Crippen LogP contribution is 2.30. The van der Waals surface area contributed by atoms with Gasteiger partial charge < -0.3 is 15.1 Å². The highest BCUT2D eigenvalue weighted by Gasteiger charge is 2.15. The van der Waals surface area contributed by atoms with E-state index in [0.29, 0.717) is 0 Å². The second kappa shape index (κ2) is 5.08. The fourth-order valence-corrected chi connectivity index (χ4v) is 2.67. The highest BCUT2D eigenvalue weighted by atomic mass is 15.1. The molecule has 104 valence electrons. The van der Waals surface area contributed by atoms with E-state index in [2.05, 4.69) is 78.7 Å². The molecule has 2 aromatic carbocycles. The number of nitrogens with one attached hydrogen (secondary N) is 1. The van der Waals surface area contributed by atoms with Crippen LogP contribution in [0.3, 0.4) is 0 Å². The lowest BCUT2D eigenvalue weighted by Crippen LogP contribution is -2.12. The summed E-state index contributed by atoms with van der Waals surface area (Å²) < 4.78 is 0. The Hall–Kier alpha value is -2.16. The van der Waals surface area contributed by atoms with Crippen molar-refractivity contribution in [2.24, 2.45) is 0 Å². The molecule has 0 aliphatic carbocycles. The zero-order valence-electron chi connectivity index (χ0n) is 12.4. The molecule has 0 radical (unpaired) electrons. The Morgan fingerprint density at radius 1 is 1.05 bits per heavy atom. The molecule has 1 aliphatic heterocycles. The van der Waals surface area contributed by atoms with Crippen LogP contribution in [0.5, 0.6) is 0 Å². The first-order valence-electron chi connectivity index (χ1n) is 7.02. The first-order valence-corrected chi connectivity index (χ1v) is 7.02. The second-order valence-corrected chi connectivity index (χ2v) is 5.58. The maximum Gasteiger partial charge on any atom is 0.0405 e. The topological polar surface area (TPSA) is 18.5 Å². The van der Waals surface area contributed by atoms with Gasteiger partial charge in [0.2, 0.25) is 0 Å². The molecule has 20 heavy (non-hydrogen) atoms. The smallest absolute Gasteiger partial charge is 0.0405 e. The van der Waals surface area contributed by atoms with Gasteiger partial charge in [-0.3, -0.25) is 0 Å². The highest BCUT2D eigenvalue weighted by molar-refractivity contribution is 5.69. The Balaban J connectivity index is 1.83. The molecule has 0 saturated carbocycles. The Kier molecular flexibility index (Phi) is 3.26. The van der Waals surface area contributed by atoms with E-state index in [1.807, 2.05) is 0 Å². The Morgan fingerprint density at radius 2 is 1.85 bits per heavy atom. The molecular weight excluding hydrogens is 246 g/mol. The molecule has 1 N–H and O–H groups in total. The summed E-state index contributed by atoms with van der Waals surface area (Å²) in [7, 11) is 6.27. The van der Waals surface area contributed by atoms with Gasteiger partial charge >= 0.3 is 0 Å². The van der Waals surface area contributed by atoms with Gasteiger partial charge in [0.1, 0.15) is 0 Å². The summed E-state index contributed by atoms with van der Waals surface area (Å²) >= 11 is 0. The van der Waals surface area contributed by atoms with Crippen LogP contribution in [-0.2, 0) is 6.42 Å². The van der Waals surface area contributed by atoms with Gasteiger partial charge in [0, 0.05) is 50.4 Å². The molecule has 3 rings (SSSR count). The molecule has 3 nitrogen and oxygen atoms in total. The first kappa shape index (κ1) is 12.9. The van der Waals surface area contributed by atoms with Gasteiger partial charge in [-0.2, -0.15) is 0 Å². The molecule has 0 amide bonds. The normalized spacial score (nSPS) is 13.2. The van der Waals surface area contributed by atoms with E-state index in [-0.39, 0.29) is 0 Å². The van der Waals surface area contributed by atoms with Crippen molar-refractivity contribution in [3.8, 4) is 0 Å². The number of nitrogens with zero attached hydrogens (tertiary/aromatic N) is 2. The van der Waals surface area contributed by atoms with Gasteiger partial charge in [0.25, 0.3) is 0 Å². The zero-order chi connectivity index (χ0) is 14.1. The van der Waals surface area contributed by atoms with Crippen LogP contribution < -0.4 is 15.1 Å². The van der Waals surface area contributed by atoms with Crippen LogP contribution in [0, 0.1) is 0 Å². The van der Waals surface area contributed by atoms with Gasteiger partial charge in [-0.25, -0.2) is 0 Å². The van der Waals surface area contributed by atoms with E-state index in [1.54, 1.807) is 0 Å². The number of rotatable bonds is 3. The third kappa shape index (κ3) is 2.44. The summed E-state index contributed by atoms with van der Waals surface area (Å²) in [5, 5.41) is 3.50. The van der Waals surface area contributed by atoms with E-state index in [9.17, 15) is 0 Å². The quantitative estimate of drug-likeness (QED) is 0.918. The van der Waals surface area contributed by atoms with Crippen LogP contribution >= 0.6 is 0 Å². The maximum absolute atomic E-state index is 3.50. The van der Waals surface area contributed by atoms with Crippen molar-refractivity contribution in [2.45, 2.75) is 6.42 Å². The summed E-state index contributed by atoms with van der Waals surface area (Å²) in [6, 6.07) is 15.1. The lowest BCUT2D eigenvalue weighted by Gasteiger charge is -2.15. The summed E-state index contributed by atoms with van der Waals surface area (Å²) in [5.74, 6) is 0. The van der Waals surface area contributed by atoms with Gasteiger partial charge in [0.05, 0.1) is 0 Å². The number of hydrogen-bond acceptors (Lipinski definition) is 3. The largest absolute Gasteiger partial charge is 0.378 e. The number of hydrogen-bond donors (Lipinski definition) is 1. The van der Waals surface area contributed by atoms with Gasteiger partial charge in [-0.1, -0.05) is 6.07 Å². The van der Waals surface area contributed by atoms with Gasteiger partial charge in [-0.15, -0.1) is 0 Å². The summed E-state index contributed by atoms with van der Waals surface area (Å²) in [4.78, 5) is 4.43. The van der Waals surface area contributed by atoms with Crippen molar-refractivity contribution >= 4 is 22.7 Å². The Morgan fingerprint density at radius 3 is 2.65 bits per heavy atom. The average Bonchev–Trinajstić information content (AvgIpc) is 2.80. The molecule has 0 unspecified atom stereocenters. The van der Waals surface area contributed by atoms with Crippen LogP contribution in [0.4, 0.5) is 22.7 Å². The number of benzene rings is 2. The maximum atomic E-state index is 3.50. The minimum atomic E-state index is 1.12. The molecule has 1 heterocycles. The fraction of sp³-hybridized carbons (Fsp3) is 0.294. The molecule has 0 aromatic heterocycles. The molecule has 0 spiro atoms. The summed E-state index contributed by atoms with van der Waals surface area (Å²) in [6.07, 6.45) is 1.14.